The monoisotopic (exact) mass is 310 g/mol. The summed E-state index contributed by atoms with van der Waals surface area (Å²) in [6.45, 7) is 6.20. The molecule has 0 saturated heterocycles. The second-order valence-electron chi connectivity index (χ2n) is 5.20. The molecule has 1 aromatic rings. The Morgan fingerprint density at radius 3 is 2.14 bits per heavy atom. The highest BCUT2D eigenvalue weighted by Crippen LogP contribution is 2.34. The smallest absolute Gasteiger partial charge is 0.188 e. The maximum Gasteiger partial charge on any atom is 0.188 e. The summed E-state index contributed by atoms with van der Waals surface area (Å²) in [4.78, 5) is 0. The number of allylic oxidation sites excluding steroid dienone is 2. The van der Waals surface area contributed by atoms with Gasteiger partial charge in [0.05, 0.1) is 6.61 Å². The molecular weight excluding hydrogens is 284 g/mol. The minimum absolute atomic E-state index is 0.0781. The average molecular weight is 310 g/mol. The molecule has 0 heterocycles. The average Bonchev–Trinajstić information content (AvgIpc) is 2.50. The van der Waals surface area contributed by atoms with Crippen molar-refractivity contribution < 1.29 is 24.1 Å². The van der Waals surface area contributed by atoms with Crippen molar-refractivity contribution in [2.24, 2.45) is 0 Å². The van der Waals surface area contributed by atoms with Crippen LogP contribution in [0.2, 0.25) is 0 Å². The Labute approximate surface area is 132 Å². The molecule has 1 aromatic carbocycles. The Balaban J connectivity index is 3.29. The van der Waals surface area contributed by atoms with Gasteiger partial charge in [-0.3, -0.25) is 0 Å². The molecule has 0 fully saturated rings. The first-order valence-electron chi connectivity index (χ1n) is 7.18. The lowest BCUT2D eigenvalue weighted by molar-refractivity contribution is 0.0450. The molecule has 1 rings (SSSR count). The van der Waals surface area contributed by atoms with E-state index in [9.17, 15) is 5.11 Å². The molecule has 0 saturated carbocycles. The maximum absolute atomic E-state index is 9.77. The van der Waals surface area contributed by atoms with Crippen LogP contribution in [-0.4, -0.2) is 32.9 Å². The molecule has 0 amide bonds. The van der Waals surface area contributed by atoms with Gasteiger partial charge < -0.3 is 24.1 Å². The first-order valence-corrected chi connectivity index (χ1v) is 7.18. The fraction of sp³-hybridized carbons (Fsp3) is 0.529. The highest BCUT2D eigenvalue weighted by molar-refractivity contribution is 5.53. The van der Waals surface area contributed by atoms with Crippen molar-refractivity contribution >= 4 is 0 Å². The van der Waals surface area contributed by atoms with E-state index < -0.39 is 0 Å². The summed E-state index contributed by atoms with van der Waals surface area (Å²) in [6.07, 6.45) is 2.78. The minimum Gasteiger partial charge on any atom is -0.467 e. The molecule has 0 radical (unpaired) electrons. The second-order valence-corrected chi connectivity index (χ2v) is 5.20. The number of aliphatic hydroxyl groups excluding tert-OH is 1. The Kier molecular flexibility index (Phi) is 7.95. The van der Waals surface area contributed by atoms with Crippen LogP contribution in [-0.2, 0) is 22.5 Å². The standard InChI is InChI=1S/C17H26O5/c1-12(2)6-7-14-15(9-18)13(3)16(21-10-19-4)8-17(14)22-11-20-5/h6,8,18H,7,9-11H2,1-5H3. The van der Waals surface area contributed by atoms with Crippen LogP contribution in [0, 0.1) is 6.92 Å². The van der Waals surface area contributed by atoms with Crippen LogP contribution < -0.4 is 9.47 Å². The van der Waals surface area contributed by atoms with Gasteiger partial charge in [-0.2, -0.15) is 0 Å². The number of hydrogen-bond acceptors (Lipinski definition) is 5. The van der Waals surface area contributed by atoms with Crippen molar-refractivity contribution in [1.29, 1.82) is 0 Å². The van der Waals surface area contributed by atoms with Crippen LogP contribution >= 0.6 is 0 Å². The molecule has 124 valence electrons. The van der Waals surface area contributed by atoms with Crippen molar-refractivity contribution in [1.82, 2.24) is 0 Å². The van der Waals surface area contributed by atoms with Crippen molar-refractivity contribution in [3.05, 3.63) is 34.4 Å². The van der Waals surface area contributed by atoms with Gasteiger partial charge in [-0.15, -0.1) is 0 Å². The lowest BCUT2D eigenvalue weighted by Crippen LogP contribution is -2.09. The van der Waals surface area contributed by atoms with Crippen LogP contribution in [0.25, 0.3) is 0 Å². The zero-order valence-electron chi connectivity index (χ0n) is 14.1. The summed E-state index contributed by atoms with van der Waals surface area (Å²) in [6, 6.07) is 1.82. The quantitative estimate of drug-likeness (QED) is 0.561. The lowest BCUT2D eigenvalue weighted by atomic mass is 9.97. The van der Waals surface area contributed by atoms with Gasteiger partial charge in [-0.25, -0.2) is 0 Å². The third-order valence-electron chi connectivity index (χ3n) is 3.28. The Morgan fingerprint density at radius 2 is 1.64 bits per heavy atom. The predicted molar refractivity (Wildman–Crippen MR) is 85.2 cm³/mol. The van der Waals surface area contributed by atoms with Crippen molar-refractivity contribution in [3.63, 3.8) is 0 Å². The summed E-state index contributed by atoms with van der Waals surface area (Å²) in [5, 5.41) is 9.77. The summed E-state index contributed by atoms with van der Waals surface area (Å²) in [5.74, 6) is 1.29. The van der Waals surface area contributed by atoms with Gasteiger partial charge in [0, 0.05) is 25.8 Å². The van der Waals surface area contributed by atoms with Gasteiger partial charge in [-0.1, -0.05) is 11.6 Å². The summed E-state index contributed by atoms with van der Waals surface area (Å²) in [7, 11) is 3.13. The molecule has 5 heteroatoms. The van der Waals surface area contributed by atoms with Gasteiger partial charge >= 0.3 is 0 Å². The van der Waals surface area contributed by atoms with Crippen LogP contribution in [0.4, 0.5) is 0 Å². The Bertz CT molecular complexity index is 504. The Hall–Kier alpha value is -1.56. The molecular formula is C17H26O5. The number of hydrogen-bond donors (Lipinski definition) is 1. The first-order chi connectivity index (χ1) is 10.5. The van der Waals surface area contributed by atoms with Crippen LogP contribution in [0.15, 0.2) is 17.7 Å². The fourth-order valence-corrected chi connectivity index (χ4v) is 2.11. The van der Waals surface area contributed by atoms with E-state index in [1.165, 1.54) is 5.57 Å². The molecule has 0 atom stereocenters. The topological polar surface area (TPSA) is 57.2 Å². The number of rotatable bonds is 9. The van der Waals surface area contributed by atoms with Gasteiger partial charge in [0.2, 0.25) is 0 Å². The summed E-state index contributed by atoms with van der Waals surface area (Å²) in [5.41, 5.74) is 3.86. The minimum atomic E-state index is -0.0781. The summed E-state index contributed by atoms with van der Waals surface area (Å²) >= 11 is 0. The fourth-order valence-electron chi connectivity index (χ4n) is 2.11. The van der Waals surface area contributed by atoms with E-state index in [2.05, 4.69) is 6.08 Å². The lowest BCUT2D eigenvalue weighted by Gasteiger charge is -2.19. The molecule has 0 spiro atoms. The van der Waals surface area contributed by atoms with E-state index in [0.29, 0.717) is 17.9 Å². The molecule has 0 unspecified atom stereocenters. The normalized spacial score (nSPS) is 10.5. The highest BCUT2D eigenvalue weighted by Gasteiger charge is 2.16. The first kappa shape index (κ1) is 18.5. The third kappa shape index (κ3) is 5.02. The number of ether oxygens (including phenoxy) is 4. The van der Waals surface area contributed by atoms with E-state index >= 15 is 0 Å². The zero-order chi connectivity index (χ0) is 16.5. The zero-order valence-corrected chi connectivity index (χ0v) is 14.1. The van der Waals surface area contributed by atoms with Crippen molar-refractivity contribution in [2.75, 3.05) is 27.8 Å². The largest absolute Gasteiger partial charge is 0.467 e. The molecule has 0 aromatic heterocycles. The molecule has 0 aliphatic heterocycles. The summed E-state index contributed by atoms with van der Waals surface area (Å²) < 4.78 is 21.1. The Morgan fingerprint density at radius 1 is 1.05 bits per heavy atom. The van der Waals surface area contributed by atoms with Crippen LogP contribution in [0.1, 0.15) is 30.5 Å². The van der Waals surface area contributed by atoms with E-state index in [0.717, 1.165) is 16.7 Å². The third-order valence-corrected chi connectivity index (χ3v) is 3.28. The van der Waals surface area contributed by atoms with Gasteiger partial charge in [0.25, 0.3) is 0 Å². The van der Waals surface area contributed by atoms with E-state index in [1.54, 1.807) is 14.2 Å². The van der Waals surface area contributed by atoms with E-state index in [-0.39, 0.29) is 20.2 Å². The molecule has 22 heavy (non-hydrogen) atoms. The van der Waals surface area contributed by atoms with E-state index in [4.69, 9.17) is 18.9 Å². The maximum atomic E-state index is 9.77. The van der Waals surface area contributed by atoms with Gasteiger partial charge in [-0.05, 0) is 38.3 Å². The van der Waals surface area contributed by atoms with Crippen molar-refractivity contribution in [2.45, 2.75) is 33.8 Å². The molecule has 0 aliphatic rings. The van der Waals surface area contributed by atoms with Gasteiger partial charge in [0.1, 0.15) is 11.5 Å². The second kappa shape index (κ2) is 9.46. The highest BCUT2D eigenvalue weighted by atomic mass is 16.7. The van der Waals surface area contributed by atoms with Crippen LogP contribution in [0.3, 0.4) is 0 Å². The molecule has 0 bridgehead atoms. The van der Waals surface area contributed by atoms with Crippen LogP contribution in [0.5, 0.6) is 11.5 Å². The SMILES string of the molecule is COCOc1cc(OCOC)c(CC=C(C)C)c(CO)c1C. The molecule has 0 aliphatic carbocycles. The van der Waals surface area contributed by atoms with Crippen molar-refractivity contribution in [3.8, 4) is 11.5 Å². The van der Waals surface area contributed by atoms with E-state index in [1.807, 2.05) is 26.8 Å². The molecule has 5 nitrogen and oxygen atoms in total. The number of aliphatic hydroxyl groups is 1. The predicted octanol–water partition coefficient (Wildman–Crippen LogP) is 2.96. The molecule has 1 N–H and O–H groups in total. The number of benzene rings is 1. The van der Waals surface area contributed by atoms with Gasteiger partial charge in [0.15, 0.2) is 13.6 Å². The number of methoxy groups -OCH3 is 2.